The second-order valence-corrected chi connectivity index (χ2v) is 5.59. The van der Waals surface area contributed by atoms with Crippen molar-refractivity contribution in [1.29, 1.82) is 0 Å². The number of aliphatic hydroxyl groups excluding tert-OH is 1. The van der Waals surface area contributed by atoms with E-state index in [1.807, 2.05) is 6.07 Å². The van der Waals surface area contributed by atoms with Gasteiger partial charge in [-0.1, -0.05) is 0 Å². The molecule has 94 valence electrons. The maximum absolute atomic E-state index is 10.2. The van der Waals surface area contributed by atoms with Gasteiger partial charge in [0.15, 0.2) is 0 Å². The standard InChI is InChI=1S/C12H11Br2N3O/c13-8-4-9(14)12(17-6-8)11(18)3-7-5-16-2-1-10(7)15/h1-2,4-6,11,18H,3H2,(H2,15,16). The highest BCUT2D eigenvalue weighted by molar-refractivity contribution is 9.11. The van der Waals surface area contributed by atoms with Crippen LogP contribution in [0.25, 0.3) is 0 Å². The number of aromatic nitrogens is 2. The van der Waals surface area contributed by atoms with Crippen molar-refractivity contribution >= 4 is 37.5 Å². The Morgan fingerprint density at radius 3 is 2.78 bits per heavy atom. The van der Waals surface area contributed by atoms with Crippen LogP contribution < -0.4 is 5.73 Å². The van der Waals surface area contributed by atoms with Gasteiger partial charge in [-0.05, 0) is 49.6 Å². The molecule has 0 saturated carbocycles. The molecule has 4 nitrogen and oxygen atoms in total. The van der Waals surface area contributed by atoms with E-state index in [1.165, 1.54) is 0 Å². The summed E-state index contributed by atoms with van der Waals surface area (Å²) in [5.41, 5.74) is 7.83. The topological polar surface area (TPSA) is 72.0 Å². The zero-order valence-corrected chi connectivity index (χ0v) is 12.5. The molecule has 0 aliphatic heterocycles. The first-order valence-corrected chi connectivity index (χ1v) is 6.84. The van der Waals surface area contributed by atoms with Crippen LogP contribution in [-0.4, -0.2) is 15.1 Å². The fourth-order valence-corrected chi connectivity index (χ4v) is 2.84. The summed E-state index contributed by atoms with van der Waals surface area (Å²) < 4.78 is 1.61. The van der Waals surface area contributed by atoms with Gasteiger partial charge >= 0.3 is 0 Å². The molecule has 0 amide bonds. The van der Waals surface area contributed by atoms with Gasteiger partial charge in [-0.25, -0.2) is 0 Å². The molecule has 6 heteroatoms. The smallest absolute Gasteiger partial charge is 0.101 e. The van der Waals surface area contributed by atoms with Crippen LogP contribution in [-0.2, 0) is 6.42 Å². The van der Waals surface area contributed by atoms with Crippen molar-refractivity contribution in [2.45, 2.75) is 12.5 Å². The molecule has 2 aromatic rings. The van der Waals surface area contributed by atoms with Crippen LogP contribution >= 0.6 is 31.9 Å². The molecule has 0 fully saturated rings. The Morgan fingerprint density at radius 2 is 2.11 bits per heavy atom. The molecule has 0 bridgehead atoms. The van der Waals surface area contributed by atoms with Crippen LogP contribution in [0.1, 0.15) is 17.4 Å². The van der Waals surface area contributed by atoms with Crippen molar-refractivity contribution in [2.75, 3.05) is 5.73 Å². The van der Waals surface area contributed by atoms with Crippen molar-refractivity contribution < 1.29 is 5.11 Å². The SMILES string of the molecule is Nc1ccncc1CC(O)c1ncc(Br)cc1Br. The summed E-state index contributed by atoms with van der Waals surface area (Å²) in [6.45, 7) is 0. The molecule has 0 radical (unpaired) electrons. The number of nitrogens with two attached hydrogens (primary N) is 1. The predicted octanol–water partition coefficient (Wildman–Crippen LogP) is 2.86. The average Bonchev–Trinajstić information content (AvgIpc) is 2.32. The number of hydrogen-bond acceptors (Lipinski definition) is 4. The Morgan fingerprint density at radius 1 is 1.33 bits per heavy atom. The van der Waals surface area contributed by atoms with E-state index in [0.29, 0.717) is 17.8 Å². The van der Waals surface area contributed by atoms with Crippen LogP contribution in [0.3, 0.4) is 0 Å². The van der Waals surface area contributed by atoms with Gasteiger partial charge in [-0.2, -0.15) is 0 Å². The van der Waals surface area contributed by atoms with E-state index in [9.17, 15) is 5.11 Å². The molecule has 0 aliphatic carbocycles. The fourth-order valence-electron chi connectivity index (χ4n) is 1.58. The van der Waals surface area contributed by atoms with Crippen molar-refractivity contribution in [3.8, 4) is 0 Å². The number of nitrogens with zero attached hydrogens (tertiary/aromatic N) is 2. The summed E-state index contributed by atoms with van der Waals surface area (Å²) in [6.07, 6.45) is 4.59. The Kier molecular flexibility index (Phi) is 4.31. The van der Waals surface area contributed by atoms with Crippen molar-refractivity contribution in [1.82, 2.24) is 9.97 Å². The first-order valence-electron chi connectivity index (χ1n) is 5.25. The maximum atomic E-state index is 10.2. The summed E-state index contributed by atoms with van der Waals surface area (Å²) in [4.78, 5) is 8.20. The second kappa shape index (κ2) is 5.77. The Labute approximate surface area is 122 Å². The molecule has 2 aromatic heterocycles. The van der Waals surface area contributed by atoms with Gasteiger partial charge in [0, 0.05) is 39.6 Å². The van der Waals surface area contributed by atoms with E-state index in [-0.39, 0.29) is 0 Å². The molecule has 0 spiro atoms. The van der Waals surface area contributed by atoms with Crippen molar-refractivity contribution in [3.63, 3.8) is 0 Å². The minimum Gasteiger partial charge on any atom is -0.398 e. The number of nitrogen functional groups attached to an aromatic ring is 1. The third-order valence-corrected chi connectivity index (χ3v) is 3.58. The Bertz CT molecular complexity index is 563. The summed E-state index contributed by atoms with van der Waals surface area (Å²) >= 11 is 6.70. The Hall–Kier alpha value is -0.980. The van der Waals surface area contributed by atoms with E-state index >= 15 is 0 Å². The first kappa shape index (κ1) is 13.5. The van der Waals surface area contributed by atoms with E-state index in [4.69, 9.17) is 5.73 Å². The molecule has 2 rings (SSSR count). The monoisotopic (exact) mass is 371 g/mol. The van der Waals surface area contributed by atoms with Gasteiger partial charge in [-0.3, -0.25) is 9.97 Å². The normalized spacial score (nSPS) is 12.4. The molecule has 0 saturated heterocycles. The highest BCUT2D eigenvalue weighted by Crippen LogP contribution is 2.27. The van der Waals surface area contributed by atoms with Crippen LogP contribution in [0.5, 0.6) is 0 Å². The molecular formula is C12H11Br2N3O. The number of pyridine rings is 2. The first-order chi connectivity index (χ1) is 8.58. The molecule has 2 heterocycles. The quantitative estimate of drug-likeness (QED) is 0.868. The lowest BCUT2D eigenvalue weighted by atomic mass is 10.1. The third-order valence-electron chi connectivity index (χ3n) is 2.51. The zero-order chi connectivity index (χ0) is 13.1. The second-order valence-electron chi connectivity index (χ2n) is 3.82. The largest absolute Gasteiger partial charge is 0.398 e. The van der Waals surface area contributed by atoms with Crippen LogP contribution in [0.4, 0.5) is 5.69 Å². The lowest BCUT2D eigenvalue weighted by Gasteiger charge is -2.13. The predicted molar refractivity (Wildman–Crippen MR) is 77.0 cm³/mol. The number of aliphatic hydroxyl groups is 1. The summed E-state index contributed by atoms with van der Waals surface area (Å²) in [5, 5.41) is 10.2. The zero-order valence-electron chi connectivity index (χ0n) is 9.35. The fraction of sp³-hybridized carbons (Fsp3) is 0.167. The molecule has 1 unspecified atom stereocenters. The minimum atomic E-state index is -0.723. The number of anilines is 1. The number of halogens is 2. The van der Waals surface area contributed by atoms with Crippen LogP contribution in [0.15, 0.2) is 39.7 Å². The minimum absolute atomic E-state index is 0.382. The van der Waals surface area contributed by atoms with Crippen LogP contribution in [0.2, 0.25) is 0 Å². The molecule has 0 aliphatic rings. The van der Waals surface area contributed by atoms with Crippen molar-refractivity contribution in [3.05, 3.63) is 50.9 Å². The third kappa shape index (κ3) is 3.07. The highest BCUT2D eigenvalue weighted by atomic mass is 79.9. The summed E-state index contributed by atoms with van der Waals surface area (Å²) in [5.74, 6) is 0. The average molecular weight is 373 g/mol. The van der Waals surface area contributed by atoms with Gasteiger partial charge in [-0.15, -0.1) is 0 Å². The van der Waals surface area contributed by atoms with Gasteiger partial charge < -0.3 is 10.8 Å². The lowest BCUT2D eigenvalue weighted by molar-refractivity contribution is 0.173. The van der Waals surface area contributed by atoms with Gasteiger partial charge in [0.05, 0.1) is 5.69 Å². The lowest BCUT2D eigenvalue weighted by Crippen LogP contribution is -2.07. The molecule has 0 aromatic carbocycles. The van der Waals surface area contributed by atoms with Gasteiger partial charge in [0.1, 0.15) is 6.10 Å². The van der Waals surface area contributed by atoms with Gasteiger partial charge in [0.25, 0.3) is 0 Å². The van der Waals surface area contributed by atoms with Crippen molar-refractivity contribution in [2.24, 2.45) is 0 Å². The van der Waals surface area contributed by atoms with E-state index in [2.05, 4.69) is 41.8 Å². The van der Waals surface area contributed by atoms with Gasteiger partial charge in [0.2, 0.25) is 0 Å². The molecule has 1 atom stereocenters. The molecule has 18 heavy (non-hydrogen) atoms. The van der Waals surface area contributed by atoms with E-state index in [0.717, 1.165) is 14.5 Å². The molecular weight excluding hydrogens is 362 g/mol. The van der Waals surface area contributed by atoms with Crippen LogP contribution in [0, 0.1) is 0 Å². The van der Waals surface area contributed by atoms with E-state index in [1.54, 1.807) is 24.7 Å². The number of hydrogen-bond donors (Lipinski definition) is 2. The summed E-state index contributed by atoms with van der Waals surface area (Å²) in [6, 6.07) is 3.56. The Balaban J connectivity index is 2.22. The molecule has 3 N–H and O–H groups in total. The highest BCUT2D eigenvalue weighted by Gasteiger charge is 2.15. The summed E-state index contributed by atoms with van der Waals surface area (Å²) in [7, 11) is 0. The maximum Gasteiger partial charge on any atom is 0.101 e. The number of rotatable bonds is 3. The van der Waals surface area contributed by atoms with E-state index < -0.39 is 6.10 Å².